The van der Waals surface area contributed by atoms with Crippen molar-refractivity contribution in [2.24, 2.45) is 0 Å². The van der Waals surface area contributed by atoms with E-state index >= 15 is 0 Å². The lowest BCUT2D eigenvalue weighted by atomic mass is 10.1. The van der Waals surface area contributed by atoms with Crippen LogP contribution in [0.2, 0.25) is 0 Å². The Bertz CT molecular complexity index is 344. The number of benzene rings is 1. The fourth-order valence-electron chi connectivity index (χ4n) is 1.29. The third-order valence-electron chi connectivity index (χ3n) is 1.87. The summed E-state index contributed by atoms with van der Waals surface area (Å²) >= 11 is 0. The zero-order valence-electron chi connectivity index (χ0n) is 7.08. The number of ketones is 1. The molecule has 1 radical (unpaired) electrons. The van der Waals surface area contributed by atoms with E-state index in [0.29, 0.717) is 30.3 Å². The van der Waals surface area contributed by atoms with Gasteiger partial charge in [0.2, 0.25) is 0 Å². The van der Waals surface area contributed by atoms with Gasteiger partial charge in [-0.05, 0) is 12.1 Å². The van der Waals surface area contributed by atoms with E-state index in [9.17, 15) is 4.79 Å². The van der Waals surface area contributed by atoms with E-state index in [0.717, 1.165) is 0 Å². The predicted molar refractivity (Wildman–Crippen MR) is 47.1 cm³/mol. The van der Waals surface area contributed by atoms with Crippen molar-refractivity contribution in [2.75, 3.05) is 13.2 Å². The molecule has 0 amide bonds. The van der Waals surface area contributed by atoms with Gasteiger partial charge in [-0.15, -0.1) is 0 Å². The molecule has 0 aliphatic carbocycles. The summed E-state index contributed by atoms with van der Waals surface area (Å²) in [5, 5.41) is 0. The van der Waals surface area contributed by atoms with E-state index in [1.54, 1.807) is 18.2 Å². The quantitative estimate of drug-likeness (QED) is 0.609. The Morgan fingerprint density at radius 2 is 2.08 bits per heavy atom. The molecular formula is C10H9O3. The first-order valence-corrected chi connectivity index (χ1v) is 4.04. The fraction of sp³-hybridized carbons (Fsp3) is 0.200. The van der Waals surface area contributed by atoms with Gasteiger partial charge in [0.15, 0.2) is 17.3 Å². The highest BCUT2D eigenvalue weighted by Crippen LogP contribution is 2.33. The molecule has 2 rings (SSSR count). The van der Waals surface area contributed by atoms with Crippen LogP contribution < -0.4 is 9.47 Å². The van der Waals surface area contributed by atoms with Crippen LogP contribution in [0.15, 0.2) is 18.2 Å². The summed E-state index contributed by atoms with van der Waals surface area (Å²) in [6.45, 7) is 4.36. The average Bonchev–Trinajstić information content (AvgIpc) is 2.17. The minimum absolute atomic E-state index is 0.248. The second-order valence-corrected chi connectivity index (χ2v) is 2.75. The van der Waals surface area contributed by atoms with Gasteiger partial charge in [0.25, 0.3) is 0 Å². The molecule has 0 unspecified atom stereocenters. The van der Waals surface area contributed by atoms with Gasteiger partial charge in [0, 0.05) is 6.92 Å². The average molecular weight is 177 g/mol. The number of hydrogen-bond donors (Lipinski definition) is 0. The van der Waals surface area contributed by atoms with Crippen LogP contribution in [0, 0.1) is 6.92 Å². The first-order valence-electron chi connectivity index (χ1n) is 4.04. The molecule has 1 aliphatic heterocycles. The summed E-state index contributed by atoms with van der Waals surface area (Å²) < 4.78 is 10.6. The number of carbonyl (C=O) groups is 1. The molecule has 0 N–H and O–H groups in total. The van der Waals surface area contributed by atoms with Gasteiger partial charge in [0.05, 0.1) is 5.56 Å². The zero-order chi connectivity index (χ0) is 9.26. The number of fused-ring (bicyclic) bond motifs is 1. The molecule has 0 saturated heterocycles. The van der Waals surface area contributed by atoms with Gasteiger partial charge in [-0.3, -0.25) is 4.79 Å². The second-order valence-electron chi connectivity index (χ2n) is 2.75. The van der Waals surface area contributed by atoms with Crippen LogP contribution in [0.5, 0.6) is 11.5 Å². The zero-order valence-corrected chi connectivity index (χ0v) is 7.08. The molecule has 0 spiro atoms. The summed E-state index contributed by atoms with van der Waals surface area (Å²) in [4.78, 5) is 11.1. The first-order chi connectivity index (χ1) is 6.29. The molecule has 0 bridgehead atoms. The van der Waals surface area contributed by atoms with Crippen LogP contribution in [0.25, 0.3) is 0 Å². The van der Waals surface area contributed by atoms with Crippen molar-refractivity contribution < 1.29 is 14.3 Å². The summed E-state index contributed by atoms with van der Waals surface area (Å²) in [6.07, 6.45) is 0. The van der Waals surface area contributed by atoms with Crippen LogP contribution in [0.3, 0.4) is 0 Å². The maximum absolute atomic E-state index is 11.1. The topological polar surface area (TPSA) is 35.5 Å². The maximum Gasteiger partial charge on any atom is 0.172 e. The van der Waals surface area contributed by atoms with Crippen molar-refractivity contribution in [1.82, 2.24) is 0 Å². The van der Waals surface area contributed by atoms with Crippen LogP contribution in [-0.4, -0.2) is 19.0 Å². The highest BCUT2D eigenvalue weighted by atomic mass is 16.6. The molecular weight excluding hydrogens is 168 g/mol. The van der Waals surface area contributed by atoms with E-state index in [4.69, 9.17) is 9.47 Å². The summed E-state index contributed by atoms with van der Waals surface area (Å²) in [5.74, 6) is 0.900. The lowest BCUT2D eigenvalue weighted by Gasteiger charge is -2.19. The number of para-hydroxylation sites is 1. The Morgan fingerprint density at radius 3 is 2.85 bits per heavy atom. The highest BCUT2D eigenvalue weighted by molar-refractivity contribution is 6.02. The van der Waals surface area contributed by atoms with Gasteiger partial charge >= 0.3 is 0 Å². The third kappa shape index (κ3) is 1.37. The summed E-state index contributed by atoms with van der Waals surface area (Å²) in [6, 6.07) is 5.22. The van der Waals surface area contributed by atoms with Crippen molar-refractivity contribution in [1.29, 1.82) is 0 Å². The largest absolute Gasteiger partial charge is 0.486 e. The number of Topliss-reactive ketones (excluding diaryl/α,β-unsaturated/α-hetero) is 1. The molecule has 67 valence electrons. The Labute approximate surface area is 76.3 Å². The summed E-state index contributed by atoms with van der Waals surface area (Å²) in [5.41, 5.74) is 0.484. The Morgan fingerprint density at radius 1 is 1.31 bits per heavy atom. The van der Waals surface area contributed by atoms with E-state index < -0.39 is 0 Å². The Hall–Kier alpha value is -1.51. The molecule has 3 nitrogen and oxygen atoms in total. The first kappa shape index (κ1) is 8.10. The molecule has 0 aromatic heterocycles. The molecule has 1 heterocycles. The minimum Gasteiger partial charge on any atom is -0.486 e. The van der Waals surface area contributed by atoms with E-state index in [-0.39, 0.29) is 5.78 Å². The van der Waals surface area contributed by atoms with Crippen molar-refractivity contribution >= 4 is 5.78 Å². The molecule has 1 aromatic carbocycles. The predicted octanol–water partition coefficient (Wildman–Crippen LogP) is 1.47. The standard InChI is InChI=1S/C10H9O3/c1-7(11)8-3-2-4-9-10(8)13-6-5-12-9/h2-4H,1,5-6H2. The van der Waals surface area contributed by atoms with Gasteiger partial charge in [-0.2, -0.15) is 0 Å². The number of ether oxygens (including phenoxy) is 2. The van der Waals surface area contributed by atoms with E-state index in [1.165, 1.54) is 0 Å². The van der Waals surface area contributed by atoms with Crippen molar-refractivity contribution in [3.63, 3.8) is 0 Å². The summed E-state index contributed by atoms with van der Waals surface area (Å²) in [7, 11) is 0. The van der Waals surface area contributed by atoms with Crippen molar-refractivity contribution in [3.8, 4) is 11.5 Å². The smallest absolute Gasteiger partial charge is 0.172 e. The fourth-order valence-corrected chi connectivity index (χ4v) is 1.29. The van der Waals surface area contributed by atoms with Gasteiger partial charge < -0.3 is 9.47 Å². The molecule has 1 aliphatic rings. The highest BCUT2D eigenvalue weighted by Gasteiger charge is 2.17. The van der Waals surface area contributed by atoms with Crippen LogP contribution in [0.4, 0.5) is 0 Å². The normalized spacial score (nSPS) is 13.9. The number of hydrogen-bond acceptors (Lipinski definition) is 3. The minimum atomic E-state index is -0.248. The van der Waals surface area contributed by atoms with Gasteiger partial charge in [-0.1, -0.05) is 6.07 Å². The molecule has 3 heteroatoms. The number of carbonyl (C=O) groups excluding carboxylic acids is 1. The Kier molecular flexibility index (Phi) is 1.93. The van der Waals surface area contributed by atoms with Crippen LogP contribution in [0.1, 0.15) is 10.4 Å². The lowest BCUT2D eigenvalue weighted by Crippen LogP contribution is -2.17. The van der Waals surface area contributed by atoms with Crippen LogP contribution >= 0.6 is 0 Å². The molecule has 0 saturated carbocycles. The molecule has 0 fully saturated rings. The monoisotopic (exact) mass is 177 g/mol. The second kappa shape index (κ2) is 3.09. The molecule has 1 aromatic rings. The van der Waals surface area contributed by atoms with Gasteiger partial charge in [0.1, 0.15) is 13.2 Å². The lowest BCUT2D eigenvalue weighted by molar-refractivity contribution is 0.103. The van der Waals surface area contributed by atoms with Crippen LogP contribution in [-0.2, 0) is 0 Å². The van der Waals surface area contributed by atoms with E-state index in [1.807, 2.05) is 0 Å². The van der Waals surface area contributed by atoms with E-state index in [2.05, 4.69) is 6.92 Å². The van der Waals surface area contributed by atoms with Crippen molar-refractivity contribution in [2.45, 2.75) is 0 Å². The maximum atomic E-state index is 11.1. The van der Waals surface area contributed by atoms with Gasteiger partial charge in [-0.25, -0.2) is 0 Å². The molecule has 13 heavy (non-hydrogen) atoms. The number of rotatable bonds is 1. The Balaban J connectivity index is 2.52. The molecule has 0 atom stereocenters. The third-order valence-corrected chi connectivity index (χ3v) is 1.87. The van der Waals surface area contributed by atoms with Crippen molar-refractivity contribution in [3.05, 3.63) is 30.7 Å². The SMILES string of the molecule is [CH2]C(=O)c1cccc2c1OCCO2.